The zero-order valence-corrected chi connectivity index (χ0v) is 13.2. The van der Waals surface area contributed by atoms with Gasteiger partial charge in [-0.3, -0.25) is 0 Å². The van der Waals surface area contributed by atoms with Crippen molar-refractivity contribution in [2.75, 3.05) is 25.0 Å². The van der Waals surface area contributed by atoms with Crippen molar-refractivity contribution in [3.8, 4) is 0 Å². The molecular formula is C18H20ClFN2. The maximum atomic E-state index is 13.2. The number of halogens is 2. The van der Waals surface area contributed by atoms with Crippen molar-refractivity contribution >= 4 is 17.3 Å². The summed E-state index contributed by atoms with van der Waals surface area (Å²) in [5, 5.41) is 7.63. The van der Waals surface area contributed by atoms with E-state index in [1.165, 1.54) is 17.2 Å². The number of rotatable bonds is 4. The molecule has 0 spiro atoms. The van der Waals surface area contributed by atoms with Crippen LogP contribution in [0.1, 0.15) is 16.7 Å². The van der Waals surface area contributed by atoms with Crippen molar-refractivity contribution in [3.05, 3.63) is 63.9 Å². The maximum absolute atomic E-state index is 13.2. The van der Waals surface area contributed by atoms with Gasteiger partial charge in [0.1, 0.15) is 5.82 Å². The fraction of sp³-hybridized carbons (Fsp3) is 0.333. The van der Waals surface area contributed by atoms with Gasteiger partial charge in [0.05, 0.1) is 10.7 Å². The first-order chi connectivity index (χ1) is 10.7. The van der Waals surface area contributed by atoms with Gasteiger partial charge in [0, 0.05) is 6.54 Å². The molecule has 1 aliphatic heterocycles. The summed E-state index contributed by atoms with van der Waals surface area (Å²) in [5.41, 5.74) is 4.71. The lowest BCUT2D eigenvalue weighted by Gasteiger charge is -2.16. The van der Waals surface area contributed by atoms with Crippen molar-refractivity contribution in [2.45, 2.75) is 19.3 Å². The summed E-state index contributed by atoms with van der Waals surface area (Å²) >= 11 is 6.38. The largest absolute Gasteiger partial charge is 0.383 e. The van der Waals surface area contributed by atoms with E-state index in [1.807, 2.05) is 12.1 Å². The third-order valence-corrected chi connectivity index (χ3v) is 4.40. The Hall–Kier alpha value is -1.58. The Kier molecular flexibility index (Phi) is 4.96. The molecule has 1 aliphatic rings. The van der Waals surface area contributed by atoms with Gasteiger partial charge in [0.2, 0.25) is 0 Å². The molecule has 2 aromatic rings. The summed E-state index contributed by atoms with van der Waals surface area (Å²) < 4.78 is 13.2. The molecule has 0 unspecified atom stereocenters. The lowest BCUT2D eigenvalue weighted by atomic mass is 10.0. The Bertz CT molecular complexity index is 658. The van der Waals surface area contributed by atoms with E-state index < -0.39 is 0 Å². The van der Waals surface area contributed by atoms with Crippen molar-refractivity contribution in [1.29, 1.82) is 0 Å². The molecule has 2 aromatic carbocycles. The standard InChI is InChI=1S/C18H20ClFN2/c19-17-5-4-14-7-9-21-10-8-16(14)18(17)22-11-6-13-2-1-3-15(20)12-13/h1-5,12,21-22H,6-11H2. The molecule has 0 fully saturated rings. The molecule has 4 heteroatoms. The number of benzene rings is 2. The van der Waals surface area contributed by atoms with Crippen LogP contribution in [-0.4, -0.2) is 19.6 Å². The van der Waals surface area contributed by atoms with Crippen LogP contribution >= 0.6 is 11.6 Å². The molecule has 3 rings (SSSR count). The summed E-state index contributed by atoms with van der Waals surface area (Å²) in [6.07, 6.45) is 2.79. The maximum Gasteiger partial charge on any atom is 0.123 e. The van der Waals surface area contributed by atoms with E-state index >= 15 is 0 Å². The van der Waals surface area contributed by atoms with E-state index in [0.717, 1.165) is 55.2 Å². The van der Waals surface area contributed by atoms with E-state index in [-0.39, 0.29) is 5.82 Å². The van der Waals surface area contributed by atoms with Crippen LogP contribution in [0.3, 0.4) is 0 Å². The minimum atomic E-state index is -0.185. The lowest BCUT2D eigenvalue weighted by molar-refractivity contribution is 0.625. The highest BCUT2D eigenvalue weighted by atomic mass is 35.5. The van der Waals surface area contributed by atoms with Crippen LogP contribution in [0.15, 0.2) is 36.4 Å². The molecule has 2 N–H and O–H groups in total. The van der Waals surface area contributed by atoms with E-state index in [0.29, 0.717) is 0 Å². The van der Waals surface area contributed by atoms with Crippen LogP contribution in [-0.2, 0) is 19.3 Å². The lowest BCUT2D eigenvalue weighted by Crippen LogP contribution is -2.16. The predicted molar refractivity (Wildman–Crippen MR) is 90.3 cm³/mol. The van der Waals surface area contributed by atoms with E-state index in [9.17, 15) is 4.39 Å². The van der Waals surface area contributed by atoms with Crippen LogP contribution in [0, 0.1) is 5.82 Å². The first-order valence-electron chi connectivity index (χ1n) is 7.73. The molecular weight excluding hydrogens is 299 g/mol. The van der Waals surface area contributed by atoms with Gasteiger partial charge in [-0.15, -0.1) is 0 Å². The molecule has 0 saturated carbocycles. The second kappa shape index (κ2) is 7.12. The zero-order valence-electron chi connectivity index (χ0n) is 12.5. The second-order valence-electron chi connectivity index (χ2n) is 5.62. The third-order valence-electron chi connectivity index (χ3n) is 4.09. The molecule has 0 radical (unpaired) electrons. The van der Waals surface area contributed by atoms with E-state index in [4.69, 9.17) is 11.6 Å². The number of nitrogens with one attached hydrogen (secondary N) is 2. The van der Waals surface area contributed by atoms with Crippen molar-refractivity contribution in [3.63, 3.8) is 0 Å². The Morgan fingerprint density at radius 1 is 1.14 bits per heavy atom. The van der Waals surface area contributed by atoms with Crippen LogP contribution in [0.5, 0.6) is 0 Å². The number of anilines is 1. The molecule has 1 heterocycles. The van der Waals surface area contributed by atoms with Crippen LogP contribution < -0.4 is 10.6 Å². The minimum absolute atomic E-state index is 0.185. The molecule has 22 heavy (non-hydrogen) atoms. The minimum Gasteiger partial charge on any atom is -0.383 e. The summed E-state index contributed by atoms with van der Waals surface area (Å²) in [5.74, 6) is -0.185. The third kappa shape index (κ3) is 3.60. The molecule has 0 saturated heterocycles. The average molecular weight is 319 g/mol. The van der Waals surface area contributed by atoms with E-state index in [1.54, 1.807) is 12.1 Å². The molecule has 0 atom stereocenters. The average Bonchev–Trinajstić information content (AvgIpc) is 2.75. The van der Waals surface area contributed by atoms with Gasteiger partial charge in [-0.25, -0.2) is 4.39 Å². The topological polar surface area (TPSA) is 24.1 Å². The smallest absolute Gasteiger partial charge is 0.123 e. The number of hydrogen-bond donors (Lipinski definition) is 2. The Balaban J connectivity index is 1.72. The number of fused-ring (bicyclic) bond motifs is 1. The first-order valence-corrected chi connectivity index (χ1v) is 8.11. The molecule has 0 bridgehead atoms. The fourth-order valence-corrected chi connectivity index (χ4v) is 3.20. The van der Waals surface area contributed by atoms with E-state index in [2.05, 4.69) is 16.7 Å². The van der Waals surface area contributed by atoms with Gasteiger partial charge in [-0.2, -0.15) is 0 Å². The first kappa shape index (κ1) is 15.3. The zero-order chi connectivity index (χ0) is 15.4. The summed E-state index contributed by atoms with van der Waals surface area (Å²) in [4.78, 5) is 0. The van der Waals surface area contributed by atoms with Gasteiger partial charge in [0.15, 0.2) is 0 Å². The van der Waals surface area contributed by atoms with Gasteiger partial charge < -0.3 is 10.6 Å². The Morgan fingerprint density at radius 3 is 2.86 bits per heavy atom. The van der Waals surface area contributed by atoms with Gasteiger partial charge in [-0.05, 0) is 67.2 Å². The molecule has 2 nitrogen and oxygen atoms in total. The summed E-state index contributed by atoms with van der Waals surface area (Å²) in [7, 11) is 0. The molecule has 0 aliphatic carbocycles. The van der Waals surface area contributed by atoms with Crippen molar-refractivity contribution in [1.82, 2.24) is 5.32 Å². The van der Waals surface area contributed by atoms with Crippen molar-refractivity contribution < 1.29 is 4.39 Å². The van der Waals surface area contributed by atoms with Crippen LogP contribution in [0.2, 0.25) is 5.02 Å². The quantitative estimate of drug-likeness (QED) is 0.895. The fourth-order valence-electron chi connectivity index (χ4n) is 2.96. The summed E-state index contributed by atoms with van der Waals surface area (Å²) in [6.45, 7) is 2.73. The van der Waals surface area contributed by atoms with Crippen molar-refractivity contribution in [2.24, 2.45) is 0 Å². The van der Waals surface area contributed by atoms with Crippen LogP contribution in [0.25, 0.3) is 0 Å². The van der Waals surface area contributed by atoms with Gasteiger partial charge in [-0.1, -0.05) is 29.8 Å². The molecule has 116 valence electrons. The Morgan fingerprint density at radius 2 is 2.00 bits per heavy atom. The highest BCUT2D eigenvalue weighted by molar-refractivity contribution is 6.33. The van der Waals surface area contributed by atoms with Gasteiger partial charge >= 0.3 is 0 Å². The highest BCUT2D eigenvalue weighted by Gasteiger charge is 2.14. The number of hydrogen-bond acceptors (Lipinski definition) is 2. The SMILES string of the molecule is Fc1cccc(CCNc2c(Cl)ccc3c2CCNCC3)c1. The van der Waals surface area contributed by atoms with Crippen LogP contribution in [0.4, 0.5) is 10.1 Å². The normalized spacial score (nSPS) is 14.3. The van der Waals surface area contributed by atoms with Gasteiger partial charge in [0.25, 0.3) is 0 Å². The predicted octanol–water partition coefficient (Wildman–Crippen LogP) is 3.82. The summed E-state index contributed by atoms with van der Waals surface area (Å²) in [6, 6.07) is 10.8. The highest BCUT2D eigenvalue weighted by Crippen LogP contribution is 2.30. The second-order valence-corrected chi connectivity index (χ2v) is 6.02. The monoisotopic (exact) mass is 318 g/mol. The molecule has 0 aromatic heterocycles. The molecule has 0 amide bonds. The Labute approximate surface area is 135 Å².